The summed E-state index contributed by atoms with van der Waals surface area (Å²) in [5, 5.41) is 4.72. The number of fused-ring (bicyclic) bond motifs is 2. The zero-order chi connectivity index (χ0) is 16.0. The number of rotatable bonds is 1. The molecule has 0 saturated carbocycles. The molecule has 132 valence electrons. The molecule has 0 bridgehead atoms. The van der Waals surface area contributed by atoms with E-state index in [1.165, 1.54) is 0 Å². The molecule has 24 heavy (non-hydrogen) atoms. The topological polar surface area (TPSA) is 56.4 Å². The van der Waals surface area contributed by atoms with Crippen LogP contribution in [0.4, 0.5) is 0 Å². The van der Waals surface area contributed by atoms with E-state index in [-0.39, 0.29) is 24.4 Å². The summed E-state index contributed by atoms with van der Waals surface area (Å²) in [7, 11) is 0. The highest BCUT2D eigenvalue weighted by molar-refractivity contribution is 6.35. The van der Waals surface area contributed by atoms with Gasteiger partial charge in [-0.25, -0.2) is 5.43 Å². The van der Waals surface area contributed by atoms with Gasteiger partial charge in [-0.2, -0.15) is 0 Å². The number of piperidine rings is 1. The van der Waals surface area contributed by atoms with Crippen molar-refractivity contribution in [1.82, 2.24) is 21.1 Å². The maximum atomic E-state index is 13.0. The maximum Gasteiger partial charge on any atom is 0.241 e. The normalized spacial score (nSPS) is 28.8. The van der Waals surface area contributed by atoms with Crippen LogP contribution in [-0.2, 0) is 17.8 Å². The lowest BCUT2D eigenvalue weighted by Gasteiger charge is -2.34. The maximum absolute atomic E-state index is 13.0. The standard InChI is InChI=1S/C16H20Cl2N4O.ClH/c17-10-5-9-8-22(4-2-11(9)13(18)6-10)16(23)15-12-7-19-3-1-14(12)20-21-15;/h5-6,12,14-15,19-21H,1-4,7-8H2;1H. The van der Waals surface area contributed by atoms with Gasteiger partial charge in [0.05, 0.1) is 0 Å². The molecule has 4 rings (SSSR count). The number of nitrogens with zero attached hydrogens (tertiary/aromatic N) is 1. The van der Waals surface area contributed by atoms with Crippen LogP contribution in [-0.4, -0.2) is 42.5 Å². The van der Waals surface area contributed by atoms with Crippen LogP contribution in [0.3, 0.4) is 0 Å². The van der Waals surface area contributed by atoms with Crippen LogP contribution in [0.25, 0.3) is 0 Å². The molecular formula is C16H21Cl3N4O. The van der Waals surface area contributed by atoms with Crippen molar-refractivity contribution in [3.63, 3.8) is 0 Å². The lowest BCUT2D eigenvalue weighted by molar-refractivity contribution is -0.135. The molecule has 0 spiro atoms. The average molecular weight is 392 g/mol. The number of halogens is 3. The van der Waals surface area contributed by atoms with Crippen molar-refractivity contribution in [3.05, 3.63) is 33.3 Å². The van der Waals surface area contributed by atoms with Crippen molar-refractivity contribution < 1.29 is 4.79 Å². The van der Waals surface area contributed by atoms with E-state index in [0.717, 1.165) is 37.1 Å². The summed E-state index contributed by atoms with van der Waals surface area (Å²) in [5.74, 6) is 0.469. The second-order valence-electron chi connectivity index (χ2n) is 6.56. The third-order valence-electron chi connectivity index (χ3n) is 5.20. The van der Waals surface area contributed by atoms with Gasteiger partial charge in [0.25, 0.3) is 0 Å². The zero-order valence-electron chi connectivity index (χ0n) is 13.1. The molecule has 0 aromatic heterocycles. The molecule has 1 aromatic carbocycles. The first kappa shape index (κ1) is 18.2. The Bertz CT molecular complexity index is 642. The van der Waals surface area contributed by atoms with Crippen molar-refractivity contribution in [1.29, 1.82) is 0 Å². The highest BCUT2D eigenvalue weighted by atomic mass is 35.5. The number of benzene rings is 1. The minimum absolute atomic E-state index is 0. The van der Waals surface area contributed by atoms with E-state index in [1.807, 2.05) is 11.0 Å². The van der Waals surface area contributed by atoms with Crippen molar-refractivity contribution in [2.75, 3.05) is 19.6 Å². The Morgan fingerprint density at radius 3 is 2.92 bits per heavy atom. The number of carbonyl (C=O) groups is 1. The number of hydrogen-bond acceptors (Lipinski definition) is 4. The van der Waals surface area contributed by atoms with Crippen molar-refractivity contribution in [2.24, 2.45) is 5.92 Å². The highest BCUT2D eigenvalue weighted by Gasteiger charge is 2.43. The number of amides is 1. The van der Waals surface area contributed by atoms with Crippen LogP contribution in [0, 0.1) is 5.92 Å². The fourth-order valence-electron chi connectivity index (χ4n) is 3.95. The Kier molecular flexibility index (Phi) is 5.59. The molecule has 0 radical (unpaired) electrons. The molecule has 0 aliphatic carbocycles. The minimum atomic E-state index is -0.163. The second-order valence-corrected chi connectivity index (χ2v) is 7.41. The molecule has 3 N–H and O–H groups in total. The highest BCUT2D eigenvalue weighted by Crippen LogP contribution is 2.31. The predicted molar refractivity (Wildman–Crippen MR) is 97.7 cm³/mol. The van der Waals surface area contributed by atoms with E-state index in [1.54, 1.807) is 6.07 Å². The zero-order valence-corrected chi connectivity index (χ0v) is 15.5. The van der Waals surface area contributed by atoms with E-state index in [2.05, 4.69) is 16.2 Å². The smallest absolute Gasteiger partial charge is 0.241 e. The van der Waals surface area contributed by atoms with Crippen LogP contribution in [0.2, 0.25) is 10.0 Å². The molecule has 8 heteroatoms. The molecule has 5 nitrogen and oxygen atoms in total. The predicted octanol–water partition coefficient (Wildman–Crippen LogP) is 1.75. The average Bonchev–Trinajstić information content (AvgIpc) is 2.97. The van der Waals surface area contributed by atoms with E-state index in [4.69, 9.17) is 23.2 Å². The van der Waals surface area contributed by atoms with Crippen LogP contribution in [0.15, 0.2) is 12.1 Å². The van der Waals surface area contributed by atoms with Crippen LogP contribution in [0.5, 0.6) is 0 Å². The van der Waals surface area contributed by atoms with Crippen molar-refractivity contribution >= 4 is 41.5 Å². The lowest BCUT2D eigenvalue weighted by atomic mass is 9.88. The third kappa shape index (κ3) is 3.26. The Labute approximate surface area is 157 Å². The van der Waals surface area contributed by atoms with Gasteiger partial charge in [0.2, 0.25) is 5.91 Å². The van der Waals surface area contributed by atoms with Gasteiger partial charge in [-0.3, -0.25) is 10.2 Å². The summed E-state index contributed by atoms with van der Waals surface area (Å²) in [6.07, 6.45) is 1.83. The monoisotopic (exact) mass is 390 g/mol. The largest absolute Gasteiger partial charge is 0.337 e. The summed E-state index contributed by atoms with van der Waals surface area (Å²) in [6, 6.07) is 3.92. The van der Waals surface area contributed by atoms with Gasteiger partial charge in [0.1, 0.15) is 6.04 Å². The Hall–Kier alpha value is -0.560. The summed E-state index contributed by atoms with van der Waals surface area (Å²) < 4.78 is 0. The fraction of sp³-hybridized carbons (Fsp3) is 0.562. The van der Waals surface area contributed by atoms with Gasteiger partial charge in [0, 0.05) is 41.6 Å². The molecule has 3 aliphatic heterocycles. The number of nitrogens with one attached hydrogen (secondary N) is 3. The molecule has 1 amide bonds. The number of hydrogen-bond donors (Lipinski definition) is 3. The Morgan fingerprint density at radius 2 is 2.08 bits per heavy atom. The molecule has 1 aromatic rings. The minimum Gasteiger partial charge on any atom is -0.337 e. The van der Waals surface area contributed by atoms with E-state index in [0.29, 0.717) is 35.1 Å². The van der Waals surface area contributed by atoms with Gasteiger partial charge in [-0.05, 0) is 42.6 Å². The first-order valence-electron chi connectivity index (χ1n) is 8.11. The molecule has 2 fully saturated rings. The van der Waals surface area contributed by atoms with E-state index in [9.17, 15) is 4.79 Å². The summed E-state index contributed by atoms with van der Waals surface area (Å²) in [6.45, 7) is 3.17. The first-order valence-corrected chi connectivity index (χ1v) is 8.86. The summed E-state index contributed by atoms with van der Waals surface area (Å²) >= 11 is 12.4. The SMILES string of the molecule is Cl.O=C(C1NNC2CCNCC21)N1CCc2c(Cl)cc(Cl)cc2C1. The Morgan fingerprint density at radius 1 is 1.25 bits per heavy atom. The molecular weight excluding hydrogens is 371 g/mol. The van der Waals surface area contributed by atoms with E-state index < -0.39 is 0 Å². The second kappa shape index (κ2) is 7.36. The molecule has 3 atom stereocenters. The third-order valence-corrected chi connectivity index (χ3v) is 5.76. The van der Waals surface area contributed by atoms with Gasteiger partial charge >= 0.3 is 0 Å². The Balaban J connectivity index is 0.00000169. The van der Waals surface area contributed by atoms with Gasteiger partial charge in [-0.15, -0.1) is 12.4 Å². The van der Waals surface area contributed by atoms with Gasteiger partial charge in [0.15, 0.2) is 0 Å². The molecule has 3 heterocycles. The molecule has 2 saturated heterocycles. The first-order chi connectivity index (χ1) is 11.1. The fourth-order valence-corrected chi connectivity index (χ4v) is 4.58. The summed E-state index contributed by atoms with van der Waals surface area (Å²) in [4.78, 5) is 14.9. The van der Waals surface area contributed by atoms with Crippen LogP contribution >= 0.6 is 35.6 Å². The van der Waals surface area contributed by atoms with Crippen LogP contribution < -0.4 is 16.2 Å². The molecule has 3 aliphatic rings. The number of hydrazine groups is 1. The molecule has 3 unspecified atom stereocenters. The van der Waals surface area contributed by atoms with E-state index >= 15 is 0 Å². The number of carbonyl (C=O) groups excluding carboxylic acids is 1. The quantitative estimate of drug-likeness (QED) is 0.683. The van der Waals surface area contributed by atoms with Crippen LogP contribution in [0.1, 0.15) is 17.5 Å². The van der Waals surface area contributed by atoms with Gasteiger partial charge < -0.3 is 10.2 Å². The lowest BCUT2D eigenvalue weighted by Crippen LogP contribution is -2.51. The van der Waals surface area contributed by atoms with Crippen molar-refractivity contribution in [3.8, 4) is 0 Å². The van der Waals surface area contributed by atoms with Crippen molar-refractivity contribution in [2.45, 2.75) is 31.5 Å². The van der Waals surface area contributed by atoms with Gasteiger partial charge in [-0.1, -0.05) is 23.2 Å². The summed E-state index contributed by atoms with van der Waals surface area (Å²) in [5.41, 5.74) is 8.68.